The minimum absolute atomic E-state index is 0. The van der Waals surface area contributed by atoms with Crippen LogP contribution in [-0.2, 0) is 8.85 Å². The van der Waals surface area contributed by atoms with Crippen LogP contribution in [0.1, 0.15) is 100 Å². The van der Waals surface area contributed by atoms with E-state index in [0.717, 1.165) is 49.9 Å². The van der Waals surface area contributed by atoms with Crippen LogP contribution in [0.5, 0.6) is 11.5 Å². The number of oxime groups is 1. The van der Waals surface area contributed by atoms with Crippen molar-refractivity contribution in [2.75, 3.05) is 27.4 Å². The van der Waals surface area contributed by atoms with Crippen molar-refractivity contribution in [1.29, 1.82) is 0 Å². The van der Waals surface area contributed by atoms with Gasteiger partial charge in [0.2, 0.25) is 0 Å². The average Bonchev–Trinajstić information content (AvgIpc) is 2.98. The number of aryl methyl sites for hydroxylation is 2. The van der Waals surface area contributed by atoms with Gasteiger partial charge in [0.15, 0.2) is 22.9 Å². The van der Waals surface area contributed by atoms with Gasteiger partial charge in [0, 0.05) is 11.1 Å². The molecular formula is C40H66BrNO6Si2. The maximum atomic E-state index is 10.7. The van der Waals surface area contributed by atoms with Crippen molar-refractivity contribution in [3.05, 3.63) is 55.5 Å². The highest BCUT2D eigenvalue weighted by molar-refractivity contribution is 9.10. The zero-order chi connectivity index (χ0) is 37.7. The summed E-state index contributed by atoms with van der Waals surface area (Å²) in [6.07, 6.45) is 7.33. The lowest BCUT2D eigenvalue weighted by Gasteiger charge is -2.35. The van der Waals surface area contributed by atoms with E-state index < -0.39 is 16.6 Å². The molecule has 2 aromatic rings. The molecule has 2 aromatic carbocycles. The Bertz CT molecular complexity index is 1520. The van der Waals surface area contributed by atoms with Gasteiger partial charge in [-0.1, -0.05) is 79.3 Å². The average molecular weight is 793 g/mol. The minimum Gasteiger partial charge on any atom is -0.495 e. The van der Waals surface area contributed by atoms with Gasteiger partial charge >= 0.3 is 0 Å². The fraction of sp³-hybridized carbons (Fsp3) is 0.550. The summed E-state index contributed by atoms with van der Waals surface area (Å²) in [6.45, 7) is 30.8. The summed E-state index contributed by atoms with van der Waals surface area (Å²) < 4.78 is 23.2. The van der Waals surface area contributed by atoms with Gasteiger partial charge < -0.3 is 23.5 Å². The molecule has 2 rings (SSSR count). The number of methoxy groups -OCH3 is 2. The normalized spacial score (nSPS) is 11.2. The molecule has 50 heavy (non-hydrogen) atoms. The molecule has 0 aliphatic carbocycles. The molecule has 0 aliphatic rings. The van der Waals surface area contributed by atoms with Crippen molar-refractivity contribution in [2.24, 2.45) is 5.16 Å². The second-order valence-electron chi connectivity index (χ2n) is 14.5. The largest absolute Gasteiger partial charge is 0.495 e. The Labute approximate surface area is 316 Å². The van der Waals surface area contributed by atoms with E-state index in [2.05, 4.69) is 107 Å². The number of nitrogens with zero attached hydrogens (tertiary/aromatic N) is 1. The summed E-state index contributed by atoms with van der Waals surface area (Å²) in [4.78, 5) is 10.7. The van der Waals surface area contributed by atoms with E-state index in [4.69, 9.17) is 30.0 Å². The highest BCUT2D eigenvalue weighted by Gasteiger charge is 2.37. The predicted molar refractivity (Wildman–Crippen MR) is 223 cm³/mol. The lowest BCUT2D eigenvalue weighted by atomic mass is 9.99. The number of benzene rings is 2. The van der Waals surface area contributed by atoms with Crippen LogP contribution in [0.4, 0.5) is 0 Å². The van der Waals surface area contributed by atoms with Crippen molar-refractivity contribution in [2.45, 2.75) is 120 Å². The van der Waals surface area contributed by atoms with Gasteiger partial charge in [-0.2, -0.15) is 0 Å². The molecule has 1 N–H and O–H groups in total. The van der Waals surface area contributed by atoms with Crippen LogP contribution < -0.4 is 9.47 Å². The van der Waals surface area contributed by atoms with Crippen LogP contribution in [0.15, 0.2) is 21.8 Å². The maximum Gasteiger partial charge on any atom is 0.193 e. The molecule has 0 fully saturated rings. The SMILES string of the molecule is C.C.C#CCO[Si](C)(C)C(C)(C)C.COc1c(C)c(C)cc(/C=N/O)c1C#CCO[Si](C)(C)C(C)(C)C.COc1c(C)c(C)cc(C=O)c1Br. The van der Waals surface area contributed by atoms with Gasteiger partial charge in [-0.25, -0.2) is 0 Å². The van der Waals surface area contributed by atoms with Gasteiger partial charge in [0.25, 0.3) is 0 Å². The number of hydrogen-bond donors (Lipinski definition) is 1. The highest BCUT2D eigenvalue weighted by atomic mass is 79.9. The summed E-state index contributed by atoms with van der Waals surface area (Å²) in [7, 11) is -0.160. The Morgan fingerprint density at radius 2 is 1.24 bits per heavy atom. The van der Waals surface area contributed by atoms with Crippen molar-refractivity contribution in [3.63, 3.8) is 0 Å². The molecule has 0 aromatic heterocycles. The van der Waals surface area contributed by atoms with Crippen LogP contribution in [-0.4, -0.2) is 61.8 Å². The standard InChI is InChI=1S/C19H29NO3Si.C10H11BrO2.C9H18OSi.2CH4/c1-14-12-16(13-20-21)17(18(22-6)15(14)2)10-9-11-23-24(7,8)19(3,4)5;1-6-4-8(5-12)9(11)10(13-3)7(6)2;1-7-8-10-11(5,6)9(2,3)4;;/h12-13,21H,11H2,1-8H3;4-5H,1-3H3;1H,8H2,2-6H3;2*1H4/b20-13+;;;;. The first-order valence-corrected chi connectivity index (χ1v) is 22.4. The summed E-state index contributed by atoms with van der Waals surface area (Å²) >= 11 is 3.33. The van der Waals surface area contributed by atoms with Gasteiger partial charge in [-0.15, -0.1) is 6.42 Å². The van der Waals surface area contributed by atoms with E-state index in [1.165, 1.54) is 6.21 Å². The fourth-order valence-electron chi connectivity index (χ4n) is 3.66. The smallest absolute Gasteiger partial charge is 0.193 e. The van der Waals surface area contributed by atoms with Gasteiger partial charge in [0.05, 0.1) is 43.7 Å². The number of terminal acetylenes is 1. The molecule has 0 aliphatic heterocycles. The Balaban J connectivity index is -0.000000719. The lowest BCUT2D eigenvalue weighted by molar-refractivity contribution is 0.112. The molecule has 282 valence electrons. The summed E-state index contributed by atoms with van der Waals surface area (Å²) in [5, 5.41) is 12.5. The Morgan fingerprint density at radius 1 is 0.820 bits per heavy atom. The lowest BCUT2D eigenvalue weighted by Crippen LogP contribution is -2.40. The van der Waals surface area contributed by atoms with Crippen LogP contribution in [0.3, 0.4) is 0 Å². The molecule has 7 nitrogen and oxygen atoms in total. The third-order valence-electron chi connectivity index (χ3n) is 9.16. The van der Waals surface area contributed by atoms with Gasteiger partial charge in [-0.3, -0.25) is 4.79 Å². The van der Waals surface area contributed by atoms with Crippen LogP contribution in [0.2, 0.25) is 36.3 Å². The Morgan fingerprint density at radius 3 is 1.62 bits per heavy atom. The van der Waals surface area contributed by atoms with Crippen LogP contribution >= 0.6 is 15.9 Å². The zero-order valence-electron chi connectivity index (χ0n) is 32.1. The quantitative estimate of drug-likeness (QED) is 0.0715. The van der Waals surface area contributed by atoms with Crippen molar-refractivity contribution < 1.29 is 28.3 Å². The summed E-state index contributed by atoms with van der Waals surface area (Å²) in [5.74, 6) is 10.2. The topological polar surface area (TPSA) is 86.6 Å². The number of carbonyl (C=O) groups excluding carboxylic acids is 1. The number of hydrogen-bond acceptors (Lipinski definition) is 7. The molecule has 10 heteroatoms. The third kappa shape index (κ3) is 14.8. The number of ether oxygens (including phenoxy) is 2. The molecular weight excluding hydrogens is 727 g/mol. The van der Waals surface area contributed by atoms with Crippen molar-refractivity contribution in [3.8, 4) is 35.7 Å². The van der Waals surface area contributed by atoms with Crippen LogP contribution in [0.25, 0.3) is 0 Å². The molecule has 0 amide bonds. The number of carbonyl (C=O) groups is 1. The maximum absolute atomic E-state index is 10.7. The van der Waals surface area contributed by atoms with E-state index >= 15 is 0 Å². The van der Waals surface area contributed by atoms with Crippen molar-refractivity contribution >= 4 is 45.1 Å². The predicted octanol–water partition coefficient (Wildman–Crippen LogP) is 11.3. The fourth-order valence-corrected chi connectivity index (χ4v) is 6.07. The van der Waals surface area contributed by atoms with E-state index in [9.17, 15) is 4.79 Å². The third-order valence-corrected chi connectivity index (χ3v) is 18.9. The molecule has 0 radical (unpaired) electrons. The monoisotopic (exact) mass is 791 g/mol. The van der Waals surface area contributed by atoms with E-state index in [1.54, 1.807) is 14.2 Å². The highest BCUT2D eigenvalue weighted by Crippen LogP contribution is 2.37. The number of aldehydes is 1. The zero-order valence-corrected chi connectivity index (χ0v) is 35.7. The molecule has 0 atom stereocenters. The molecule has 0 unspecified atom stereocenters. The van der Waals surface area contributed by atoms with Crippen LogP contribution in [0, 0.1) is 51.9 Å². The number of halogens is 1. The molecule has 0 bridgehead atoms. The molecule has 0 spiro atoms. The second-order valence-corrected chi connectivity index (χ2v) is 24.9. The van der Waals surface area contributed by atoms with E-state index in [0.29, 0.717) is 24.5 Å². The first-order valence-electron chi connectivity index (χ1n) is 15.8. The Hall–Kier alpha value is -2.87. The molecule has 0 saturated heterocycles. The van der Waals surface area contributed by atoms with Crippen molar-refractivity contribution in [1.82, 2.24) is 0 Å². The van der Waals surface area contributed by atoms with Gasteiger partial charge in [-0.05, 0) is 114 Å². The first kappa shape index (κ1) is 51.5. The Kier molecular flexibility index (Phi) is 22.8. The molecule has 0 heterocycles. The molecule has 0 saturated carbocycles. The van der Waals surface area contributed by atoms with Gasteiger partial charge in [0.1, 0.15) is 11.5 Å². The first-order chi connectivity index (χ1) is 22.0. The van der Waals surface area contributed by atoms with E-state index in [-0.39, 0.29) is 24.9 Å². The minimum atomic E-state index is -1.81. The number of rotatable bonds is 8. The summed E-state index contributed by atoms with van der Waals surface area (Å²) in [5.41, 5.74) is 6.28. The van der Waals surface area contributed by atoms with E-state index in [1.807, 2.05) is 39.8 Å². The summed E-state index contributed by atoms with van der Waals surface area (Å²) in [6, 6.07) is 3.78. The second kappa shape index (κ2) is 22.2.